The van der Waals surface area contributed by atoms with Crippen LogP contribution in [0.15, 0.2) is 12.7 Å². The first kappa shape index (κ1) is 8.27. The van der Waals surface area contributed by atoms with Crippen molar-refractivity contribution in [3.8, 4) is 0 Å². The Labute approximate surface area is 73.8 Å². The molecule has 2 fully saturated rings. The Kier molecular flexibility index (Phi) is 1.97. The number of hydrogen-bond acceptors (Lipinski definition) is 2. The molecule has 0 aromatic heterocycles. The number of hydrogen-bond donors (Lipinski definition) is 1. The van der Waals surface area contributed by atoms with Crippen molar-refractivity contribution >= 4 is 0 Å². The summed E-state index contributed by atoms with van der Waals surface area (Å²) in [4.78, 5) is 0. The molecule has 2 heteroatoms. The average Bonchev–Trinajstić information content (AvgIpc) is 2.77. The van der Waals surface area contributed by atoms with Gasteiger partial charge in [-0.25, -0.2) is 0 Å². The molecule has 2 rings (SSSR count). The average molecular weight is 167 g/mol. The second kappa shape index (κ2) is 2.86. The lowest BCUT2D eigenvalue weighted by molar-refractivity contribution is 0.0634. The number of ether oxygens (including phenoxy) is 1. The van der Waals surface area contributed by atoms with Gasteiger partial charge in [-0.05, 0) is 31.6 Å². The third-order valence-electron chi connectivity index (χ3n) is 3.01. The van der Waals surface area contributed by atoms with Gasteiger partial charge >= 0.3 is 0 Å². The Hall–Kier alpha value is -0.340. The minimum atomic E-state index is -0.0943. The van der Waals surface area contributed by atoms with Crippen LogP contribution < -0.4 is 5.73 Å². The summed E-state index contributed by atoms with van der Waals surface area (Å²) in [6.45, 7) is 4.59. The summed E-state index contributed by atoms with van der Waals surface area (Å²) < 4.78 is 5.67. The van der Waals surface area contributed by atoms with Gasteiger partial charge in [0, 0.05) is 12.1 Å². The van der Waals surface area contributed by atoms with Crippen molar-refractivity contribution in [3.05, 3.63) is 12.7 Å². The zero-order valence-corrected chi connectivity index (χ0v) is 7.46. The molecule has 0 aromatic rings. The van der Waals surface area contributed by atoms with Crippen LogP contribution in [0.4, 0.5) is 0 Å². The zero-order valence-electron chi connectivity index (χ0n) is 7.46. The van der Waals surface area contributed by atoms with Crippen molar-refractivity contribution in [2.45, 2.75) is 37.3 Å². The highest BCUT2D eigenvalue weighted by atomic mass is 16.5. The molecule has 2 aliphatic rings. The van der Waals surface area contributed by atoms with Gasteiger partial charge in [0.2, 0.25) is 0 Å². The van der Waals surface area contributed by atoms with Gasteiger partial charge in [-0.1, -0.05) is 6.08 Å². The first-order valence-electron chi connectivity index (χ1n) is 4.78. The Bertz CT molecular complexity index is 188. The van der Waals surface area contributed by atoms with E-state index in [1.807, 2.05) is 6.08 Å². The summed E-state index contributed by atoms with van der Waals surface area (Å²) in [5.74, 6) is 0.748. The largest absolute Gasteiger partial charge is 0.376 e. The molecule has 1 saturated carbocycles. The Balaban J connectivity index is 2.05. The summed E-state index contributed by atoms with van der Waals surface area (Å²) in [6.07, 6.45) is 6.75. The molecular weight excluding hydrogens is 150 g/mol. The van der Waals surface area contributed by atoms with Crippen LogP contribution in [0, 0.1) is 5.92 Å². The molecule has 2 nitrogen and oxygen atoms in total. The van der Waals surface area contributed by atoms with Gasteiger partial charge in [-0.2, -0.15) is 0 Å². The molecule has 0 amide bonds. The molecule has 0 aromatic carbocycles. The zero-order chi connectivity index (χ0) is 8.60. The molecule has 68 valence electrons. The molecule has 0 spiro atoms. The lowest BCUT2D eigenvalue weighted by atomic mass is 9.86. The van der Waals surface area contributed by atoms with Crippen LogP contribution in [0.5, 0.6) is 0 Å². The van der Waals surface area contributed by atoms with Crippen molar-refractivity contribution in [1.29, 1.82) is 0 Å². The first-order valence-corrected chi connectivity index (χ1v) is 4.78. The molecule has 2 N–H and O–H groups in total. The Morgan fingerprint density at radius 3 is 2.92 bits per heavy atom. The molecule has 1 aliphatic carbocycles. The van der Waals surface area contributed by atoms with Gasteiger partial charge in [-0.3, -0.25) is 0 Å². The van der Waals surface area contributed by atoms with E-state index in [0.717, 1.165) is 25.4 Å². The Morgan fingerprint density at radius 1 is 1.58 bits per heavy atom. The maximum absolute atomic E-state index is 6.26. The molecule has 1 aliphatic heterocycles. The highest BCUT2D eigenvalue weighted by Crippen LogP contribution is 2.43. The third-order valence-corrected chi connectivity index (χ3v) is 3.01. The third kappa shape index (κ3) is 1.29. The minimum absolute atomic E-state index is 0.0943. The normalized spacial score (nSPS) is 41.6. The highest BCUT2D eigenvalue weighted by molar-refractivity contribution is 5.05. The monoisotopic (exact) mass is 167 g/mol. The lowest BCUT2D eigenvalue weighted by Gasteiger charge is -2.28. The van der Waals surface area contributed by atoms with Crippen LogP contribution in [0.2, 0.25) is 0 Å². The van der Waals surface area contributed by atoms with Gasteiger partial charge in [0.05, 0.1) is 6.10 Å². The molecular formula is C10H17NO. The molecule has 0 radical (unpaired) electrons. The van der Waals surface area contributed by atoms with E-state index in [1.54, 1.807) is 0 Å². The number of rotatable bonds is 3. The van der Waals surface area contributed by atoms with E-state index < -0.39 is 0 Å². The topological polar surface area (TPSA) is 35.2 Å². The predicted molar refractivity (Wildman–Crippen MR) is 48.8 cm³/mol. The quantitative estimate of drug-likeness (QED) is 0.646. The summed E-state index contributed by atoms with van der Waals surface area (Å²) in [5.41, 5.74) is 6.16. The van der Waals surface area contributed by atoms with Gasteiger partial charge in [0.15, 0.2) is 0 Å². The van der Waals surface area contributed by atoms with Crippen molar-refractivity contribution in [1.82, 2.24) is 0 Å². The van der Waals surface area contributed by atoms with E-state index in [9.17, 15) is 0 Å². The van der Waals surface area contributed by atoms with Crippen LogP contribution in [0.25, 0.3) is 0 Å². The Morgan fingerprint density at radius 2 is 2.33 bits per heavy atom. The summed E-state index contributed by atoms with van der Waals surface area (Å²) in [5, 5.41) is 0. The SMILES string of the molecule is C=CCC1(N)CCOC1C1CC1. The van der Waals surface area contributed by atoms with Crippen LogP contribution in [0.1, 0.15) is 25.7 Å². The van der Waals surface area contributed by atoms with Crippen LogP contribution >= 0.6 is 0 Å². The van der Waals surface area contributed by atoms with Gasteiger partial charge in [0.1, 0.15) is 0 Å². The molecule has 1 heterocycles. The van der Waals surface area contributed by atoms with Crippen LogP contribution in [-0.4, -0.2) is 18.2 Å². The number of nitrogens with two attached hydrogens (primary N) is 1. The van der Waals surface area contributed by atoms with Crippen molar-refractivity contribution < 1.29 is 4.74 Å². The summed E-state index contributed by atoms with van der Waals surface area (Å²) in [6, 6.07) is 0. The van der Waals surface area contributed by atoms with E-state index in [0.29, 0.717) is 6.10 Å². The fraction of sp³-hybridized carbons (Fsp3) is 0.800. The standard InChI is InChI=1S/C10H17NO/c1-2-5-10(11)6-7-12-9(10)8-3-4-8/h2,8-9H,1,3-7,11H2. The fourth-order valence-corrected chi connectivity index (χ4v) is 2.18. The second-order valence-electron chi connectivity index (χ2n) is 4.10. The molecule has 2 unspecified atom stereocenters. The van der Waals surface area contributed by atoms with Crippen molar-refractivity contribution in [2.75, 3.05) is 6.61 Å². The lowest BCUT2D eigenvalue weighted by Crippen LogP contribution is -2.48. The van der Waals surface area contributed by atoms with Gasteiger partial charge < -0.3 is 10.5 Å². The predicted octanol–water partition coefficient (Wildman–Crippen LogP) is 1.46. The van der Waals surface area contributed by atoms with Crippen molar-refractivity contribution in [3.63, 3.8) is 0 Å². The van der Waals surface area contributed by atoms with E-state index in [2.05, 4.69) is 6.58 Å². The summed E-state index contributed by atoms with van der Waals surface area (Å²) in [7, 11) is 0. The van der Waals surface area contributed by atoms with Crippen LogP contribution in [-0.2, 0) is 4.74 Å². The molecule has 2 atom stereocenters. The fourth-order valence-electron chi connectivity index (χ4n) is 2.18. The highest BCUT2D eigenvalue weighted by Gasteiger charge is 2.47. The first-order chi connectivity index (χ1) is 5.76. The maximum Gasteiger partial charge on any atom is 0.0786 e. The van der Waals surface area contributed by atoms with E-state index >= 15 is 0 Å². The summed E-state index contributed by atoms with van der Waals surface area (Å²) >= 11 is 0. The van der Waals surface area contributed by atoms with Gasteiger partial charge in [0.25, 0.3) is 0 Å². The maximum atomic E-state index is 6.26. The molecule has 1 saturated heterocycles. The van der Waals surface area contributed by atoms with Gasteiger partial charge in [-0.15, -0.1) is 6.58 Å². The van der Waals surface area contributed by atoms with E-state index in [-0.39, 0.29) is 5.54 Å². The van der Waals surface area contributed by atoms with E-state index in [1.165, 1.54) is 12.8 Å². The minimum Gasteiger partial charge on any atom is -0.376 e. The molecule has 0 bridgehead atoms. The van der Waals surface area contributed by atoms with E-state index in [4.69, 9.17) is 10.5 Å². The molecule has 12 heavy (non-hydrogen) atoms. The second-order valence-corrected chi connectivity index (χ2v) is 4.10. The van der Waals surface area contributed by atoms with Crippen molar-refractivity contribution in [2.24, 2.45) is 11.7 Å². The smallest absolute Gasteiger partial charge is 0.0786 e. The van der Waals surface area contributed by atoms with Crippen LogP contribution in [0.3, 0.4) is 0 Å².